The highest BCUT2D eigenvalue weighted by Gasteiger charge is 2.25. The number of carbonyl (C=O) groups excluding carboxylic acids is 2. The lowest BCUT2D eigenvalue weighted by atomic mass is 10.1. The van der Waals surface area contributed by atoms with Crippen LogP contribution >= 0.6 is 0 Å². The van der Waals surface area contributed by atoms with Crippen molar-refractivity contribution in [1.82, 2.24) is 5.16 Å². The van der Waals surface area contributed by atoms with Crippen LogP contribution in [0.1, 0.15) is 26.5 Å². The van der Waals surface area contributed by atoms with E-state index in [4.69, 9.17) is 4.52 Å². The van der Waals surface area contributed by atoms with Crippen LogP contribution in [0.4, 0.5) is 11.4 Å². The summed E-state index contributed by atoms with van der Waals surface area (Å²) in [5, 5.41) is 6.74. The quantitative estimate of drug-likeness (QED) is 0.526. The van der Waals surface area contributed by atoms with Gasteiger partial charge in [0, 0.05) is 35.1 Å². The highest BCUT2D eigenvalue weighted by Crippen LogP contribution is 2.29. The number of nitrogens with one attached hydrogen (secondary N) is 1. The number of para-hydroxylation sites is 1. The van der Waals surface area contributed by atoms with Gasteiger partial charge in [0.25, 0.3) is 11.8 Å². The van der Waals surface area contributed by atoms with Crippen molar-refractivity contribution in [2.45, 2.75) is 6.42 Å². The molecule has 0 unspecified atom stereocenters. The van der Waals surface area contributed by atoms with Crippen LogP contribution in [0.2, 0.25) is 0 Å². The summed E-state index contributed by atoms with van der Waals surface area (Å²) < 4.78 is 5.19. The second-order valence-corrected chi connectivity index (χ2v) is 7.31. The molecule has 1 N–H and O–H groups in total. The number of nitrogens with zero attached hydrogens (tertiary/aromatic N) is 2. The second kappa shape index (κ2) is 7.91. The number of aromatic nitrogens is 1. The molecule has 0 spiro atoms. The van der Waals surface area contributed by atoms with E-state index in [0.717, 1.165) is 17.7 Å². The minimum absolute atomic E-state index is 0.0504. The monoisotopic (exact) mass is 409 g/mol. The molecule has 152 valence electrons. The van der Waals surface area contributed by atoms with Gasteiger partial charge in [-0.05, 0) is 42.3 Å². The lowest BCUT2D eigenvalue weighted by Crippen LogP contribution is -2.28. The minimum Gasteiger partial charge on any atom is -0.350 e. The molecule has 6 heteroatoms. The minimum atomic E-state index is -0.401. The third-order valence-corrected chi connectivity index (χ3v) is 5.33. The van der Waals surface area contributed by atoms with Gasteiger partial charge in [0.1, 0.15) is 5.69 Å². The molecule has 0 bridgehead atoms. The van der Waals surface area contributed by atoms with Crippen LogP contribution in [0, 0.1) is 0 Å². The summed E-state index contributed by atoms with van der Waals surface area (Å²) in [6.45, 7) is 0.673. The number of anilines is 2. The van der Waals surface area contributed by atoms with E-state index in [1.165, 1.54) is 5.56 Å². The normalized spacial score (nSPS) is 12.5. The fourth-order valence-corrected chi connectivity index (χ4v) is 3.72. The van der Waals surface area contributed by atoms with Crippen molar-refractivity contribution in [3.05, 3.63) is 102 Å². The van der Waals surface area contributed by atoms with Crippen LogP contribution < -0.4 is 10.2 Å². The first kappa shape index (κ1) is 18.8. The Morgan fingerprint density at radius 3 is 2.45 bits per heavy atom. The first-order chi connectivity index (χ1) is 15.2. The summed E-state index contributed by atoms with van der Waals surface area (Å²) >= 11 is 0. The molecule has 1 aliphatic heterocycles. The van der Waals surface area contributed by atoms with Crippen LogP contribution in [0.15, 0.2) is 89.5 Å². The SMILES string of the molecule is O=C(Nc1ccc(C(=O)N2CCc3ccccc32)cc1)c1cc(-c2ccccc2)no1. The van der Waals surface area contributed by atoms with Gasteiger partial charge in [-0.3, -0.25) is 9.59 Å². The smallest absolute Gasteiger partial charge is 0.294 e. The van der Waals surface area contributed by atoms with Gasteiger partial charge in [0.2, 0.25) is 5.76 Å². The van der Waals surface area contributed by atoms with Crippen molar-refractivity contribution in [3.8, 4) is 11.3 Å². The molecule has 6 nitrogen and oxygen atoms in total. The molecule has 0 aliphatic carbocycles. The van der Waals surface area contributed by atoms with Crippen LogP contribution in [-0.2, 0) is 6.42 Å². The maximum absolute atomic E-state index is 12.9. The molecule has 0 radical (unpaired) electrons. The molecule has 2 heterocycles. The molecule has 1 aliphatic rings. The zero-order valence-electron chi connectivity index (χ0n) is 16.6. The van der Waals surface area contributed by atoms with Gasteiger partial charge in [-0.1, -0.05) is 53.7 Å². The zero-order valence-corrected chi connectivity index (χ0v) is 16.6. The van der Waals surface area contributed by atoms with Gasteiger partial charge < -0.3 is 14.7 Å². The third kappa shape index (κ3) is 3.71. The molecule has 3 aromatic carbocycles. The molecule has 0 atom stereocenters. The fraction of sp³-hybridized carbons (Fsp3) is 0.0800. The highest BCUT2D eigenvalue weighted by atomic mass is 16.5. The Morgan fingerprint density at radius 1 is 0.903 bits per heavy atom. The summed E-state index contributed by atoms with van der Waals surface area (Å²) in [6.07, 6.45) is 0.859. The molecular formula is C25H19N3O3. The fourth-order valence-electron chi connectivity index (χ4n) is 3.72. The zero-order chi connectivity index (χ0) is 21.2. The highest BCUT2D eigenvalue weighted by molar-refractivity contribution is 6.08. The van der Waals surface area contributed by atoms with E-state index in [-0.39, 0.29) is 11.7 Å². The average molecular weight is 409 g/mol. The van der Waals surface area contributed by atoms with E-state index < -0.39 is 5.91 Å². The number of rotatable bonds is 4. The predicted octanol–water partition coefficient (Wildman–Crippen LogP) is 4.80. The first-order valence-corrected chi connectivity index (χ1v) is 10.0. The summed E-state index contributed by atoms with van der Waals surface area (Å²) in [4.78, 5) is 27.2. The number of benzene rings is 3. The molecule has 2 amide bonds. The summed E-state index contributed by atoms with van der Waals surface area (Å²) in [5.41, 5.74) is 4.75. The molecule has 0 saturated carbocycles. The van der Waals surface area contributed by atoms with Crippen molar-refractivity contribution in [1.29, 1.82) is 0 Å². The molecule has 1 aromatic heterocycles. The van der Waals surface area contributed by atoms with E-state index in [2.05, 4.69) is 10.5 Å². The Bertz CT molecular complexity index is 1250. The Morgan fingerprint density at radius 2 is 1.65 bits per heavy atom. The van der Waals surface area contributed by atoms with Crippen molar-refractivity contribution in [2.24, 2.45) is 0 Å². The topological polar surface area (TPSA) is 75.4 Å². The van der Waals surface area contributed by atoms with Crippen molar-refractivity contribution in [3.63, 3.8) is 0 Å². The molecule has 0 saturated heterocycles. The van der Waals surface area contributed by atoms with Crippen LogP contribution in [0.5, 0.6) is 0 Å². The lowest BCUT2D eigenvalue weighted by molar-refractivity contribution is 0.0982. The average Bonchev–Trinajstić information content (AvgIpc) is 3.48. The van der Waals surface area contributed by atoms with Gasteiger partial charge in [-0.15, -0.1) is 0 Å². The van der Waals surface area contributed by atoms with Gasteiger partial charge in [-0.25, -0.2) is 0 Å². The Labute approximate surface area is 179 Å². The van der Waals surface area contributed by atoms with Crippen molar-refractivity contribution in [2.75, 3.05) is 16.8 Å². The Hall–Kier alpha value is -4.19. The van der Waals surface area contributed by atoms with E-state index in [9.17, 15) is 9.59 Å². The van der Waals surface area contributed by atoms with Crippen LogP contribution in [-0.4, -0.2) is 23.5 Å². The summed E-state index contributed by atoms with van der Waals surface area (Å²) in [5.74, 6) is -0.333. The number of hydrogen-bond donors (Lipinski definition) is 1. The Balaban J connectivity index is 1.27. The van der Waals surface area contributed by atoms with Gasteiger partial charge >= 0.3 is 0 Å². The van der Waals surface area contributed by atoms with Gasteiger partial charge in [0.15, 0.2) is 0 Å². The summed E-state index contributed by atoms with van der Waals surface area (Å²) in [7, 11) is 0. The second-order valence-electron chi connectivity index (χ2n) is 7.31. The third-order valence-electron chi connectivity index (χ3n) is 5.33. The van der Waals surface area contributed by atoms with Gasteiger partial charge in [0.05, 0.1) is 0 Å². The largest absolute Gasteiger partial charge is 0.350 e. The maximum atomic E-state index is 12.9. The van der Waals surface area contributed by atoms with Crippen molar-refractivity contribution < 1.29 is 14.1 Å². The predicted molar refractivity (Wildman–Crippen MR) is 118 cm³/mol. The summed E-state index contributed by atoms with van der Waals surface area (Å²) in [6, 6.07) is 25.9. The number of carbonyl (C=O) groups is 2. The van der Waals surface area contributed by atoms with E-state index >= 15 is 0 Å². The van der Waals surface area contributed by atoms with Gasteiger partial charge in [-0.2, -0.15) is 0 Å². The molecule has 5 rings (SSSR count). The van der Waals surface area contributed by atoms with E-state index in [0.29, 0.717) is 23.5 Å². The van der Waals surface area contributed by atoms with E-state index in [1.54, 1.807) is 35.2 Å². The molecule has 31 heavy (non-hydrogen) atoms. The van der Waals surface area contributed by atoms with Crippen LogP contribution in [0.3, 0.4) is 0 Å². The lowest BCUT2D eigenvalue weighted by Gasteiger charge is -2.17. The Kier molecular flexibility index (Phi) is 4.80. The number of amides is 2. The van der Waals surface area contributed by atoms with E-state index in [1.807, 2.05) is 54.6 Å². The first-order valence-electron chi connectivity index (χ1n) is 10.0. The standard InChI is InChI=1S/C25H19N3O3/c29-24(23-16-21(27-31-23)17-6-2-1-3-7-17)26-20-12-10-19(11-13-20)25(30)28-15-14-18-8-4-5-9-22(18)28/h1-13,16H,14-15H2,(H,26,29). The maximum Gasteiger partial charge on any atom is 0.294 e. The number of hydrogen-bond acceptors (Lipinski definition) is 4. The number of fused-ring (bicyclic) bond motifs is 1. The molecular weight excluding hydrogens is 390 g/mol. The molecule has 4 aromatic rings. The molecule has 0 fully saturated rings. The van der Waals surface area contributed by atoms with Crippen molar-refractivity contribution >= 4 is 23.2 Å². The van der Waals surface area contributed by atoms with Crippen LogP contribution in [0.25, 0.3) is 11.3 Å².